The van der Waals surface area contributed by atoms with Crippen molar-refractivity contribution in [3.8, 4) is 22.6 Å². The van der Waals surface area contributed by atoms with Crippen LogP contribution in [0.25, 0.3) is 11.1 Å². The van der Waals surface area contributed by atoms with Crippen LogP contribution in [0.4, 0.5) is 0 Å². The average Bonchev–Trinajstić information content (AvgIpc) is 2.86. The lowest BCUT2D eigenvalue weighted by Gasteiger charge is -2.50. The van der Waals surface area contributed by atoms with Crippen molar-refractivity contribution in [1.82, 2.24) is 9.88 Å². The zero-order valence-electron chi connectivity index (χ0n) is 20.9. The molecule has 0 saturated carbocycles. The van der Waals surface area contributed by atoms with Gasteiger partial charge < -0.3 is 30.9 Å². The van der Waals surface area contributed by atoms with Gasteiger partial charge in [-0.25, -0.2) is 0 Å². The third-order valence-corrected chi connectivity index (χ3v) is 7.90. The number of aliphatic hydroxyl groups is 3. The summed E-state index contributed by atoms with van der Waals surface area (Å²) in [5.41, 5.74) is 3.23. The molecule has 198 valence electrons. The molecule has 0 bridgehead atoms. The van der Waals surface area contributed by atoms with Gasteiger partial charge in [0.2, 0.25) is 5.78 Å². The number of likely N-dealkylation sites (N-methyl/N-ethyl adjacent to an activating group) is 1. The number of nitrogens with two attached hydrogens (primary N) is 1. The Morgan fingerprint density at radius 1 is 1.16 bits per heavy atom. The number of hydrogen-bond donors (Lipinski definition) is 5. The quantitative estimate of drug-likeness (QED) is 0.366. The van der Waals surface area contributed by atoms with Gasteiger partial charge in [0.05, 0.1) is 18.7 Å². The van der Waals surface area contributed by atoms with E-state index in [0.29, 0.717) is 22.4 Å². The molecule has 4 unspecified atom stereocenters. The fourth-order valence-electron chi connectivity index (χ4n) is 6.26. The van der Waals surface area contributed by atoms with Gasteiger partial charge in [-0.1, -0.05) is 6.07 Å². The first-order valence-electron chi connectivity index (χ1n) is 11.9. The number of ketones is 2. The van der Waals surface area contributed by atoms with E-state index in [1.54, 1.807) is 38.6 Å². The molecule has 1 heterocycles. The number of rotatable bonds is 4. The number of nitrogens with zero attached hydrogens (tertiary/aromatic N) is 2. The van der Waals surface area contributed by atoms with E-state index in [-0.39, 0.29) is 29.7 Å². The van der Waals surface area contributed by atoms with Gasteiger partial charge >= 0.3 is 0 Å². The number of carbonyl (C=O) groups is 3. The van der Waals surface area contributed by atoms with E-state index in [1.165, 1.54) is 18.1 Å². The molecule has 4 atom stereocenters. The van der Waals surface area contributed by atoms with Crippen LogP contribution in [0.1, 0.15) is 22.3 Å². The second kappa shape index (κ2) is 8.67. The van der Waals surface area contributed by atoms with Gasteiger partial charge in [0, 0.05) is 29.4 Å². The SMILES string of the molecule is COc1ccncc1-c1ccc(O)c2c1CC1CC3C(N(C)C)C(O)=C(C(N)=O)C(=O)C3(O)C(O)=C1C2=O. The lowest BCUT2D eigenvalue weighted by Crippen LogP contribution is -2.63. The molecule has 1 aromatic heterocycles. The van der Waals surface area contributed by atoms with Gasteiger partial charge in [-0.05, 0) is 56.1 Å². The van der Waals surface area contributed by atoms with E-state index < -0.39 is 58.0 Å². The van der Waals surface area contributed by atoms with Crippen LogP contribution in [0, 0.1) is 11.8 Å². The fraction of sp³-hybridized carbons (Fsp3) is 0.333. The third-order valence-electron chi connectivity index (χ3n) is 7.90. The van der Waals surface area contributed by atoms with Crippen LogP contribution in [-0.4, -0.2) is 80.6 Å². The first-order valence-corrected chi connectivity index (χ1v) is 11.9. The molecule has 3 aliphatic rings. The number of phenols is 1. The van der Waals surface area contributed by atoms with Crippen molar-refractivity contribution in [2.75, 3.05) is 21.2 Å². The van der Waals surface area contributed by atoms with E-state index in [0.717, 1.165) is 0 Å². The Hall–Kier alpha value is -4.22. The zero-order valence-corrected chi connectivity index (χ0v) is 20.9. The molecule has 6 N–H and O–H groups in total. The van der Waals surface area contributed by atoms with E-state index in [2.05, 4.69) is 4.98 Å². The monoisotopic (exact) mass is 521 g/mol. The van der Waals surface area contributed by atoms with Crippen LogP contribution in [0.5, 0.6) is 11.5 Å². The van der Waals surface area contributed by atoms with Gasteiger partial charge in [-0.2, -0.15) is 0 Å². The van der Waals surface area contributed by atoms with Gasteiger partial charge in [-0.15, -0.1) is 0 Å². The zero-order chi connectivity index (χ0) is 27.7. The second-order valence-electron chi connectivity index (χ2n) is 10.0. The summed E-state index contributed by atoms with van der Waals surface area (Å²) in [7, 11) is 4.66. The molecule has 0 fully saturated rings. The highest BCUT2D eigenvalue weighted by molar-refractivity contribution is 6.24. The number of Topliss-reactive ketones (excluding diaryl/α,β-unsaturated/α-hetero) is 2. The maximum Gasteiger partial charge on any atom is 0.255 e. The highest BCUT2D eigenvalue weighted by Gasteiger charge is 2.63. The normalized spacial score (nSPS) is 26.7. The molecule has 3 aliphatic carbocycles. The van der Waals surface area contributed by atoms with Gasteiger partial charge in [0.15, 0.2) is 11.4 Å². The maximum atomic E-state index is 13.8. The van der Waals surface area contributed by atoms with Crippen molar-refractivity contribution in [1.29, 1.82) is 0 Å². The first kappa shape index (κ1) is 25.4. The molecule has 0 aliphatic heterocycles. The van der Waals surface area contributed by atoms with E-state index >= 15 is 0 Å². The number of amides is 1. The molecule has 38 heavy (non-hydrogen) atoms. The summed E-state index contributed by atoms with van der Waals surface area (Å²) < 4.78 is 5.47. The minimum Gasteiger partial charge on any atom is -0.510 e. The standard InChI is InChI=1S/C27H27N3O8/c1-30(2)21-15-9-11-8-13-12(14-10-29-7-6-17(14)38-3)4-5-16(31)19(13)22(32)18(11)24(34)27(15,37)25(35)20(23(21)33)26(28)36/h4-7,10-11,15,21,31,33-34,37H,8-9H2,1-3H3,(H2,28,36). The number of aromatic hydroxyl groups is 1. The molecular weight excluding hydrogens is 494 g/mol. The lowest BCUT2D eigenvalue weighted by atomic mass is 9.58. The van der Waals surface area contributed by atoms with Crippen molar-refractivity contribution < 1.29 is 39.5 Å². The Balaban J connectivity index is 1.74. The molecule has 0 radical (unpaired) electrons. The predicted octanol–water partition coefficient (Wildman–Crippen LogP) is 1.19. The van der Waals surface area contributed by atoms with Crippen molar-refractivity contribution in [3.05, 3.63) is 64.4 Å². The summed E-state index contributed by atoms with van der Waals surface area (Å²) in [6.45, 7) is 0. The summed E-state index contributed by atoms with van der Waals surface area (Å²) in [5.74, 6) is -6.41. The third kappa shape index (κ3) is 3.28. The van der Waals surface area contributed by atoms with Crippen molar-refractivity contribution >= 4 is 17.5 Å². The number of allylic oxidation sites excluding steroid dienone is 1. The number of ether oxygens (including phenoxy) is 1. The molecule has 0 saturated heterocycles. The second-order valence-corrected chi connectivity index (χ2v) is 10.0. The summed E-state index contributed by atoms with van der Waals surface area (Å²) >= 11 is 0. The van der Waals surface area contributed by atoms with Crippen LogP contribution >= 0.6 is 0 Å². The molecule has 1 amide bonds. The summed E-state index contributed by atoms with van der Waals surface area (Å²) in [4.78, 5) is 44.9. The first-order chi connectivity index (χ1) is 17.9. The van der Waals surface area contributed by atoms with E-state index in [9.17, 15) is 34.8 Å². The fourth-order valence-corrected chi connectivity index (χ4v) is 6.26. The summed E-state index contributed by atoms with van der Waals surface area (Å²) in [6, 6.07) is 3.60. The number of benzene rings is 1. The summed E-state index contributed by atoms with van der Waals surface area (Å²) in [5, 5.41) is 44.6. The van der Waals surface area contributed by atoms with Crippen LogP contribution in [0.2, 0.25) is 0 Å². The number of primary amides is 1. The van der Waals surface area contributed by atoms with Gasteiger partial charge in [0.1, 0.15) is 28.6 Å². The molecule has 0 spiro atoms. The smallest absolute Gasteiger partial charge is 0.255 e. The van der Waals surface area contributed by atoms with E-state index in [1.807, 2.05) is 0 Å². The number of fused-ring (bicyclic) bond motifs is 3. The number of aliphatic hydroxyl groups excluding tert-OH is 2. The highest BCUT2D eigenvalue weighted by atomic mass is 16.5. The largest absolute Gasteiger partial charge is 0.510 e. The Morgan fingerprint density at radius 2 is 1.87 bits per heavy atom. The van der Waals surface area contributed by atoms with Crippen LogP contribution in [0.3, 0.4) is 0 Å². The van der Waals surface area contributed by atoms with Crippen molar-refractivity contribution in [3.63, 3.8) is 0 Å². The molecule has 11 nitrogen and oxygen atoms in total. The highest BCUT2D eigenvalue weighted by Crippen LogP contribution is 2.53. The minimum absolute atomic E-state index is 0.00499. The molecule has 5 rings (SSSR count). The van der Waals surface area contributed by atoms with Crippen LogP contribution < -0.4 is 10.5 Å². The van der Waals surface area contributed by atoms with Gasteiger partial charge in [-0.3, -0.25) is 24.3 Å². The Bertz CT molecular complexity index is 1480. The van der Waals surface area contributed by atoms with Crippen molar-refractivity contribution in [2.45, 2.75) is 24.5 Å². The number of hydrogen-bond acceptors (Lipinski definition) is 10. The maximum absolute atomic E-state index is 13.8. The molecule has 1 aromatic carbocycles. The number of pyridine rings is 1. The number of carbonyl (C=O) groups excluding carboxylic acids is 3. The predicted molar refractivity (Wildman–Crippen MR) is 133 cm³/mol. The average molecular weight is 522 g/mol. The van der Waals surface area contributed by atoms with E-state index in [4.69, 9.17) is 10.5 Å². The van der Waals surface area contributed by atoms with Crippen molar-refractivity contribution in [2.24, 2.45) is 17.6 Å². The number of methoxy groups -OCH3 is 1. The van der Waals surface area contributed by atoms with Crippen LogP contribution in [0.15, 0.2) is 53.3 Å². The Kier molecular flexibility index (Phi) is 5.80. The summed E-state index contributed by atoms with van der Waals surface area (Å²) in [6.07, 6.45) is 3.30. The number of phenolic OH excluding ortho intramolecular Hbond substituents is 1. The molecule has 11 heteroatoms. The Morgan fingerprint density at radius 3 is 2.50 bits per heavy atom. The number of aromatic nitrogens is 1. The molecule has 2 aromatic rings. The van der Waals surface area contributed by atoms with Crippen LogP contribution in [-0.2, 0) is 16.0 Å². The topological polar surface area (TPSA) is 184 Å². The van der Waals surface area contributed by atoms with Gasteiger partial charge in [0.25, 0.3) is 5.91 Å². The molecular formula is C27H27N3O8. The lowest BCUT2D eigenvalue weighted by molar-refractivity contribution is -0.148. The Labute approximate surface area is 217 Å². The minimum atomic E-state index is -2.68.